The molecule has 1 aromatic heterocycles. The van der Waals surface area contributed by atoms with Crippen LogP contribution in [0.3, 0.4) is 0 Å². The number of aromatic nitrogens is 3. The maximum Gasteiger partial charge on any atom is 0.233 e. The summed E-state index contributed by atoms with van der Waals surface area (Å²) in [6.45, 7) is 3.01. The van der Waals surface area contributed by atoms with Crippen LogP contribution in [0.4, 0.5) is 0 Å². The molecule has 1 aromatic carbocycles. The molecule has 2 unspecified atom stereocenters. The van der Waals surface area contributed by atoms with Crippen LogP contribution >= 0.6 is 0 Å². The highest BCUT2D eigenvalue weighted by Gasteiger charge is 2.34. The second kappa shape index (κ2) is 7.35. The molecule has 25 heavy (non-hydrogen) atoms. The highest BCUT2D eigenvalue weighted by molar-refractivity contribution is 5.83. The third-order valence-corrected chi connectivity index (χ3v) is 5.17. The Labute approximate surface area is 147 Å². The quantitative estimate of drug-likeness (QED) is 0.857. The first-order chi connectivity index (χ1) is 12.3. The number of amides is 1. The summed E-state index contributed by atoms with van der Waals surface area (Å²) in [6.07, 6.45) is 5.71. The molecule has 0 aliphatic carbocycles. The third kappa shape index (κ3) is 3.58. The predicted molar refractivity (Wildman–Crippen MR) is 92.8 cm³/mol. The van der Waals surface area contributed by atoms with Crippen molar-refractivity contribution in [2.75, 3.05) is 13.1 Å². The lowest BCUT2D eigenvalue weighted by molar-refractivity contribution is -0.138. The van der Waals surface area contributed by atoms with Gasteiger partial charge in [0.2, 0.25) is 5.91 Å². The molecule has 4 rings (SSSR count). The minimum atomic E-state index is -0.149. The van der Waals surface area contributed by atoms with Crippen molar-refractivity contribution in [1.82, 2.24) is 19.7 Å². The largest absolute Gasteiger partial charge is 0.372 e. The maximum atomic E-state index is 13.0. The molecule has 6 heteroatoms. The number of aryl methyl sites for hydroxylation is 1. The zero-order valence-corrected chi connectivity index (χ0v) is 14.4. The molecule has 0 saturated carbocycles. The number of rotatable bonds is 4. The summed E-state index contributed by atoms with van der Waals surface area (Å²) in [6, 6.07) is 10.2. The molecule has 2 atom stereocenters. The standard InChI is InChI=1S/C19H24N4O2/c24-19(17-9-5-11-23-14-20-21-18(17)23)22-10-4-8-16(12-22)25-13-15-6-2-1-3-7-15/h1-3,6-7,14,16-17H,4-5,8-13H2. The molecule has 6 nitrogen and oxygen atoms in total. The summed E-state index contributed by atoms with van der Waals surface area (Å²) < 4.78 is 8.08. The van der Waals surface area contributed by atoms with E-state index in [9.17, 15) is 4.79 Å². The minimum Gasteiger partial charge on any atom is -0.372 e. The second-order valence-corrected chi connectivity index (χ2v) is 6.92. The fourth-order valence-corrected chi connectivity index (χ4v) is 3.82. The van der Waals surface area contributed by atoms with Gasteiger partial charge in [-0.1, -0.05) is 30.3 Å². The highest BCUT2D eigenvalue weighted by Crippen LogP contribution is 2.28. The number of carbonyl (C=O) groups excluding carboxylic acids is 1. The lowest BCUT2D eigenvalue weighted by atomic mass is 9.96. The zero-order chi connectivity index (χ0) is 17.1. The summed E-state index contributed by atoms with van der Waals surface area (Å²) in [5, 5.41) is 8.16. The fraction of sp³-hybridized carbons (Fsp3) is 0.526. The molecule has 2 aliphatic rings. The van der Waals surface area contributed by atoms with Gasteiger partial charge in [-0.25, -0.2) is 0 Å². The van der Waals surface area contributed by atoms with Gasteiger partial charge in [0.15, 0.2) is 0 Å². The molecule has 0 radical (unpaired) electrons. The SMILES string of the molecule is O=C(C1CCCn2cnnc21)N1CCCC(OCc2ccccc2)C1. The van der Waals surface area contributed by atoms with Gasteiger partial charge in [-0.3, -0.25) is 4.79 Å². The van der Waals surface area contributed by atoms with Gasteiger partial charge in [0.05, 0.1) is 18.6 Å². The van der Waals surface area contributed by atoms with Crippen LogP contribution < -0.4 is 0 Å². The van der Waals surface area contributed by atoms with E-state index in [1.165, 1.54) is 5.56 Å². The summed E-state index contributed by atoms with van der Waals surface area (Å²) >= 11 is 0. The topological polar surface area (TPSA) is 60.2 Å². The first kappa shape index (κ1) is 16.3. The second-order valence-electron chi connectivity index (χ2n) is 6.92. The van der Waals surface area contributed by atoms with E-state index in [-0.39, 0.29) is 17.9 Å². The summed E-state index contributed by atoms with van der Waals surface area (Å²) in [5.41, 5.74) is 1.17. The number of benzene rings is 1. The molecule has 0 spiro atoms. The Morgan fingerprint density at radius 1 is 1.16 bits per heavy atom. The van der Waals surface area contributed by atoms with Crippen molar-refractivity contribution in [1.29, 1.82) is 0 Å². The van der Waals surface area contributed by atoms with Gasteiger partial charge in [-0.05, 0) is 31.2 Å². The van der Waals surface area contributed by atoms with E-state index in [1.807, 2.05) is 27.7 Å². The Morgan fingerprint density at radius 2 is 2.00 bits per heavy atom. The molecule has 1 fully saturated rings. The lowest BCUT2D eigenvalue weighted by Crippen LogP contribution is -2.46. The molecule has 132 valence electrons. The van der Waals surface area contributed by atoms with Gasteiger partial charge in [-0.15, -0.1) is 10.2 Å². The van der Waals surface area contributed by atoms with Crippen molar-refractivity contribution in [2.24, 2.45) is 0 Å². The molecular weight excluding hydrogens is 316 g/mol. The molecule has 0 N–H and O–H groups in total. The number of ether oxygens (including phenoxy) is 1. The van der Waals surface area contributed by atoms with Crippen molar-refractivity contribution in [3.63, 3.8) is 0 Å². The van der Waals surface area contributed by atoms with E-state index in [0.717, 1.165) is 44.6 Å². The molecule has 0 bridgehead atoms. The van der Waals surface area contributed by atoms with Gasteiger partial charge in [0.1, 0.15) is 12.2 Å². The molecule has 1 saturated heterocycles. The van der Waals surface area contributed by atoms with Crippen LogP contribution in [-0.4, -0.2) is 44.8 Å². The van der Waals surface area contributed by atoms with E-state index >= 15 is 0 Å². The molecular formula is C19H24N4O2. The van der Waals surface area contributed by atoms with Crippen LogP contribution in [-0.2, 0) is 22.7 Å². The van der Waals surface area contributed by atoms with Crippen molar-refractivity contribution in [3.8, 4) is 0 Å². The summed E-state index contributed by atoms with van der Waals surface area (Å²) in [5.74, 6) is 0.856. The smallest absolute Gasteiger partial charge is 0.233 e. The summed E-state index contributed by atoms with van der Waals surface area (Å²) in [4.78, 5) is 15.0. The Hall–Kier alpha value is -2.21. The van der Waals surface area contributed by atoms with Crippen LogP contribution in [0.2, 0.25) is 0 Å². The van der Waals surface area contributed by atoms with Crippen molar-refractivity contribution in [2.45, 2.75) is 50.9 Å². The van der Waals surface area contributed by atoms with Crippen LogP contribution in [0.25, 0.3) is 0 Å². The number of likely N-dealkylation sites (tertiary alicyclic amines) is 1. The number of piperidine rings is 1. The lowest BCUT2D eigenvalue weighted by Gasteiger charge is -2.35. The number of hydrogen-bond acceptors (Lipinski definition) is 4. The first-order valence-corrected chi connectivity index (χ1v) is 9.13. The van der Waals surface area contributed by atoms with E-state index in [2.05, 4.69) is 22.3 Å². The average Bonchev–Trinajstić information content (AvgIpc) is 3.16. The van der Waals surface area contributed by atoms with Crippen molar-refractivity contribution < 1.29 is 9.53 Å². The van der Waals surface area contributed by atoms with Crippen molar-refractivity contribution in [3.05, 3.63) is 48.0 Å². The minimum absolute atomic E-state index is 0.111. The van der Waals surface area contributed by atoms with Crippen LogP contribution in [0.1, 0.15) is 43.0 Å². The Kier molecular flexibility index (Phi) is 4.78. The maximum absolute atomic E-state index is 13.0. The number of fused-ring (bicyclic) bond motifs is 1. The van der Waals surface area contributed by atoms with Gasteiger partial charge < -0.3 is 14.2 Å². The first-order valence-electron chi connectivity index (χ1n) is 9.13. The Bertz CT molecular complexity index is 715. The normalized spacial score (nSPS) is 23.3. The van der Waals surface area contributed by atoms with Crippen LogP contribution in [0.5, 0.6) is 0 Å². The van der Waals surface area contributed by atoms with Gasteiger partial charge >= 0.3 is 0 Å². The summed E-state index contributed by atoms with van der Waals surface area (Å²) in [7, 11) is 0. The molecule has 2 aliphatic heterocycles. The van der Waals surface area contributed by atoms with Crippen LogP contribution in [0.15, 0.2) is 36.7 Å². The van der Waals surface area contributed by atoms with E-state index < -0.39 is 0 Å². The van der Waals surface area contributed by atoms with Gasteiger partial charge in [-0.2, -0.15) is 0 Å². The van der Waals surface area contributed by atoms with Gasteiger partial charge in [0, 0.05) is 19.6 Å². The number of nitrogens with zero attached hydrogens (tertiary/aromatic N) is 4. The number of hydrogen-bond donors (Lipinski definition) is 0. The fourth-order valence-electron chi connectivity index (χ4n) is 3.82. The third-order valence-electron chi connectivity index (χ3n) is 5.17. The van der Waals surface area contributed by atoms with Gasteiger partial charge in [0.25, 0.3) is 0 Å². The van der Waals surface area contributed by atoms with Crippen LogP contribution in [0, 0.1) is 0 Å². The van der Waals surface area contributed by atoms with E-state index in [1.54, 1.807) is 6.33 Å². The molecule has 2 aromatic rings. The predicted octanol–water partition coefficient (Wildman–Crippen LogP) is 2.36. The number of carbonyl (C=O) groups is 1. The Morgan fingerprint density at radius 3 is 2.88 bits per heavy atom. The molecule has 3 heterocycles. The monoisotopic (exact) mass is 340 g/mol. The average molecular weight is 340 g/mol. The highest BCUT2D eigenvalue weighted by atomic mass is 16.5. The van der Waals surface area contributed by atoms with E-state index in [0.29, 0.717) is 13.2 Å². The van der Waals surface area contributed by atoms with Crippen molar-refractivity contribution >= 4 is 5.91 Å². The Balaban J connectivity index is 1.37. The van der Waals surface area contributed by atoms with E-state index in [4.69, 9.17) is 4.74 Å². The zero-order valence-electron chi connectivity index (χ0n) is 14.4. The molecule has 1 amide bonds.